The molecule has 1 aromatic heterocycles. The molecule has 1 atom stereocenters. The number of alkyl carbamates (subject to hydrolysis) is 1. The lowest BCUT2D eigenvalue weighted by Crippen LogP contribution is -2.42. The maximum atomic E-state index is 13.5. The Balaban J connectivity index is 3.24. The van der Waals surface area contributed by atoms with Gasteiger partial charge in [-0.2, -0.15) is 21.6 Å². The summed E-state index contributed by atoms with van der Waals surface area (Å²) in [5, 5.41) is 1.72. The number of hydrogen-bond acceptors (Lipinski definition) is 6. The number of halogens is 4. The van der Waals surface area contributed by atoms with Gasteiger partial charge in [-0.05, 0) is 42.8 Å². The standard InChI is InChI=1S/C14H18BrF3N2O5S/c1-13(2,3)25-12(21)20-11(14(16,17)18)10-8(5-9(15)6-19-10)7-24-26(4,22)23/h5-6,11H,7H2,1-4H3,(H,20,21). The van der Waals surface area contributed by atoms with Gasteiger partial charge in [0, 0.05) is 16.2 Å². The van der Waals surface area contributed by atoms with Gasteiger partial charge in [-0.3, -0.25) is 9.17 Å². The summed E-state index contributed by atoms with van der Waals surface area (Å²) >= 11 is 3.05. The number of nitrogens with one attached hydrogen (secondary N) is 1. The summed E-state index contributed by atoms with van der Waals surface area (Å²) in [6.45, 7) is 3.82. The largest absolute Gasteiger partial charge is 0.444 e. The van der Waals surface area contributed by atoms with Crippen molar-refractivity contribution in [3.63, 3.8) is 0 Å². The molecule has 0 aliphatic rings. The van der Waals surface area contributed by atoms with Crippen LogP contribution in [0.5, 0.6) is 0 Å². The number of amides is 1. The van der Waals surface area contributed by atoms with Crippen molar-refractivity contribution in [1.82, 2.24) is 10.3 Å². The van der Waals surface area contributed by atoms with Gasteiger partial charge in [0.05, 0.1) is 18.6 Å². The average molecular weight is 463 g/mol. The Hall–Kier alpha value is -1.40. The fourth-order valence-corrected chi connectivity index (χ4v) is 2.49. The van der Waals surface area contributed by atoms with E-state index in [1.807, 2.05) is 0 Å². The normalized spacial score (nSPS) is 14.0. The second kappa shape index (κ2) is 8.09. The third-order valence-electron chi connectivity index (χ3n) is 2.66. The SMILES string of the molecule is CC(C)(C)OC(=O)NC(c1ncc(Br)cc1COS(C)(=O)=O)C(F)(F)F. The van der Waals surface area contributed by atoms with E-state index in [4.69, 9.17) is 4.74 Å². The first-order chi connectivity index (χ1) is 11.6. The second-order valence-corrected chi connectivity index (χ2v) is 8.84. The molecule has 12 heteroatoms. The van der Waals surface area contributed by atoms with Crippen LogP contribution in [0.25, 0.3) is 0 Å². The minimum absolute atomic E-state index is 0.164. The van der Waals surface area contributed by atoms with Crippen LogP contribution in [-0.2, 0) is 25.6 Å². The van der Waals surface area contributed by atoms with Gasteiger partial charge in [0.15, 0.2) is 6.04 Å². The Bertz CT molecular complexity index is 763. The Labute approximate surface area is 157 Å². The molecule has 1 N–H and O–H groups in total. The number of ether oxygens (including phenoxy) is 1. The van der Waals surface area contributed by atoms with Crippen molar-refractivity contribution in [2.75, 3.05) is 6.26 Å². The summed E-state index contributed by atoms with van der Waals surface area (Å²) in [6, 6.07) is -1.29. The Morgan fingerprint density at radius 3 is 2.38 bits per heavy atom. The van der Waals surface area contributed by atoms with Crippen molar-refractivity contribution in [1.29, 1.82) is 0 Å². The predicted molar refractivity (Wildman–Crippen MR) is 89.7 cm³/mol. The van der Waals surface area contributed by atoms with Crippen LogP contribution < -0.4 is 5.32 Å². The van der Waals surface area contributed by atoms with Crippen LogP contribution in [0.15, 0.2) is 16.7 Å². The minimum atomic E-state index is -4.91. The fourth-order valence-electron chi connectivity index (χ4n) is 1.77. The molecule has 0 spiro atoms. The number of carbonyl (C=O) groups is 1. The predicted octanol–water partition coefficient (Wildman–Crippen LogP) is 3.45. The van der Waals surface area contributed by atoms with E-state index in [-0.39, 0.29) is 5.56 Å². The molecule has 0 aliphatic carbocycles. The molecule has 1 rings (SSSR count). The molecule has 0 radical (unpaired) electrons. The zero-order valence-corrected chi connectivity index (χ0v) is 16.8. The summed E-state index contributed by atoms with van der Waals surface area (Å²) in [6.07, 6.45) is -4.34. The van der Waals surface area contributed by atoms with E-state index in [9.17, 15) is 26.4 Å². The molecular formula is C14H18BrF3N2O5S. The van der Waals surface area contributed by atoms with Crippen molar-refractivity contribution >= 4 is 32.1 Å². The van der Waals surface area contributed by atoms with Gasteiger partial charge in [-0.1, -0.05) is 0 Å². The third kappa shape index (κ3) is 7.87. The van der Waals surface area contributed by atoms with Gasteiger partial charge in [0.25, 0.3) is 10.1 Å². The number of rotatable bonds is 5. The van der Waals surface area contributed by atoms with Gasteiger partial charge >= 0.3 is 12.3 Å². The summed E-state index contributed by atoms with van der Waals surface area (Å²) in [7, 11) is -3.90. The molecule has 0 aliphatic heterocycles. The van der Waals surface area contributed by atoms with E-state index in [2.05, 4.69) is 25.1 Å². The third-order valence-corrected chi connectivity index (χ3v) is 3.64. The van der Waals surface area contributed by atoms with Gasteiger partial charge in [0.1, 0.15) is 5.60 Å². The second-order valence-electron chi connectivity index (χ2n) is 6.29. The zero-order chi connectivity index (χ0) is 20.3. The van der Waals surface area contributed by atoms with Crippen LogP contribution in [-0.4, -0.2) is 37.5 Å². The lowest BCUT2D eigenvalue weighted by molar-refractivity contribution is -0.158. The van der Waals surface area contributed by atoms with E-state index in [0.29, 0.717) is 4.47 Å². The Morgan fingerprint density at radius 2 is 1.92 bits per heavy atom. The monoisotopic (exact) mass is 462 g/mol. The van der Waals surface area contributed by atoms with Crippen molar-refractivity contribution in [3.05, 3.63) is 28.0 Å². The van der Waals surface area contributed by atoms with Crippen LogP contribution in [0.3, 0.4) is 0 Å². The topological polar surface area (TPSA) is 94.6 Å². The number of aromatic nitrogens is 1. The summed E-state index contributed by atoms with van der Waals surface area (Å²) in [5.41, 5.74) is -1.77. The highest BCUT2D eigenvalue weighted by molar-refractivity contribution is 9.10. The molecule has 0 saturated heterocycles. The quantitative estimate of drug-likeness (QED) is 0.673. The molecule has 1 aromatic rings. The summed E-state index contributed by atoms with van der Waals surface area (Å²) < 4.78 is 72.4. The lowest BCUT2D eigenvalue weighted by atomic mass is 10.1. The maximum absolute atomic E-state index is 13.5. The van der Waals surface area contributed by atoms with E-state index in [0.717, 1.165) is 12.5 Å². The van der Waals surface area contributed by atoms with Gasteiger partial charge < -0.3 is 10.1 Å². The highest BCUT2D eigenvalue weighted by Gasteiger charge is 2.44. The van der Waals surface area contributed by atoms with Gasteiger partial charge in [-0.25, -0.2) is 4.79 Å². The van der Waals surface area contributed by atoms with Crippen molar-refractivity contribution in [2.45, 2.75) is 45.2 Å². The molecule has 7 nitrogen and oxygen atoms in total. The molecule has 26 heavy (non-hydrogen) atoms. The van der Waals surface area contributed by atoms with Crippen LogP contribution >= 0.6 is 15.9 Å². The molecule has 1 unspecified atom stereocenters. The first-order valence-electron chi connectivity index (χ1n) is 7.13. The number of nitrogens with zero attached hydrogens (tertiary/aromatic N) is 1. The molecule has 0 fully saturated rings. The number of carbonyl (C=O) groups excluding carboxylic acids is 1. The van der Waals surface area contributed by atoms with Crippen molar-refractivity contribution in [2.24, 2.45) is 0 Å². The lowest BCUT2D eigenvalue weighted by Gasteiger charge is -2.26. The zero-order valence-electron chi connectivity index (χ0n) is 14.3. The Morgan fingerprint density at radius 1 is 1.35 bits per heavy atom. The van der Waals surface area contributed by atoms with Crippen LogP contribution in [0.4, 0.5) is 18.0 Å². The smallest absolute Gasteiger partial charge is 0.414 e. The van der Waals surface area contributed by atoms with Crippen LogP contribution in [0.1, 0.15) is 38.1 Å². The molecule has 1 heterocycles. The van der Waals surface area contributed by atoms with Gasteiger partial charge in [-0.15, -0.1) is 0 Å². The first kappa shape index (κ1) is 22.6. The number of alkyl halides is 3. The molecule has 0 aromatic carbocycles. The van der Waals surface area contributed by atoms with Crippen LogP contribution in [0.2, 0.25) is 0 Å². The summed E-state index contributed by atoms with van der Waals surface area (Å²) in [5.74, 6) is 0. The van der Waals surface area contributed by atoms with E-state index < -0.39 is 46.3 Å². The molecule has 148 valence electrons. The van der Waals surface area contributed by atoms with E-state index >= 15 is 0 Å². The minimum Gasteiger partial charge on any atom is -0.444 e. The van der Waals surface area contributed by atoms with Crippen molar-refractivity contribution in [3.8, 4) is 0 Å². The maximum Gasteiger partial charge on any atom is 0.414 e. The molecule has 1 amide bonds. The van der Waals surface area contributed by atoms with E-state index in [1.165, 1.54) is 26.8 Å². The molecule has 0 bridgehead atoms. The van der Waals surface area contributed by atoms with Crippen molar-refractivity contribution < 1.29 is 35.3 Å². The summed E-state index contributed by atoms with van der Waals surface area (Å²) in [4.78, 5) is 15.5. The molecule has 0 saturated carbocycles. The highest BCUT2D eigenvalue weighted by atomic mass is 79.9. The molecular weight excluding hydrogens is 445 g/mol. The fraction of sp³-hybridized carbons (Fsp3) is 0.571. The van der Waals surface area contributed by atoms with Gasteiger partial charge in [0.2, 0.25) is 0 Å². The first-order valence-corrected chi connectivity index (χ1v) is 9.74. The average Bonchev–Trinajstić information content (AvgIpc) is 2.39. The van der Waals surface area contributed by atoms with E-state index in [1.54, 1.807) is 5.32 Å². The number of hydrogen-bond donors (Lipinski definition) is 1. The number of pyridine rings is 1. The highest BCUT2D eigenvalue weighted by Crippen LogP contribution is 2.34. The van der Waals surface area contributed by atoms with Crippen LogP contribution in [0, 0.1) is 0 Å². The Kier molecular flexibility index (Phi) is 7.04.